The van der Waals surface area contributed by atoms with Crippen LogP contribution in [-0.2, 0) is 35.3 Å². The van der Waals surface area contributed by atoms with Crippen molar-refractivity contribution in [3.63, 3.8) is 0 Å². The summed E-state index contributed by atoms with van der Waals surface area (Å²) in [6.07, 6.45) is 7.68. The number of nitrogens with one attached hydrogen (secondary N) is 4. The van der Waals surface area contributed by atoms with Gasteiger partial charge in [-0.1, -0.05) is 49.9 Å². The molecule has 1 saturated heterocycles. The van der Waals surface area contributed by atoms with E-state index in [0.29, 0.717) is 85.2 Å². The second-order valence-corrected chi connectivity index (χ2v) is 18.4. The topological polar surface area (TPSA) is 237 Å². The lowest BCUT2D eigenvalue weighted by atomic mass is 9.67. The van der Waals surface area contributed by atoms with Crippen LogP contribution in [-0.4, -0.2) is 126 Å². The van der Waals surface area contributed by atoms with Crippen LogP contribution in [0.4, 0.5) is 26.4 Å². The van der Waals surface area contributed by atoms with Crippen molar-refractivity contribution in [3.8, 4) is 11.5 Å². The summed E-state index contributed by atoms with van der Waals surface area (Å²) >= 11 is 6.02. The van der Waals surface area contributed by atoms with Gasteiger partial charge in [0.05, 0.1) is 44.0 Å². The number of morpholine rings is 1. The van der Waals surface area contributed by atoms with Crippen molar-refractivity contribution in [2.75, 3.05) is 70.3 Å². The van der Waals surface area contributed by atoms with Crippen LogP contribution in [0.5, 0.6) is 11.5 Å². The van der Waals surface area contributed by atoms with Crippen molar-refractivity contribution < 1.29 is 51.9 Å². The lowest BCUT2D eigenvalue weighted by Gasteiger charge is -2.44. The second-order valence-electron chi connectivity index (χ2n) is 18.0. The SMILES string of the molecule is CCCCCN(C(=O)C1(C(=O)N[C@@H](CCCNC(N)=O)C(=O)Nc2ccc(C[N+]3(CCCOc4cc5c(Nc6ccc(F)c(Cl)c6)ncnc5cc4OC)CCOCC3)cc2)CCC1)N1C(=O)C=CC1=O. The number of rotatable bonds is 24. The van der Waals surface area contributed by atoms with E-state index in [4.69, 9.17) is 31.5 Å². The molecule has 3 heterocycles. The Morgan fingerprint density at radius 1 is 0.958 bits per heavy atom. The number of ether oxygens (including phenoxy) is 3. The van der Waals surface area contributed by atoms with Crippen molar-refractivity contribution in [1.82, 2.24) is 30.6 Å². The van der Waals surface area contributed by atoms with Crippen molar-refractivity contribution in [2.24, 2.45) is 11.1 Å². The maximum absolute atomic E-state index is 14.3. The average molecular weight is 1000 g/mol. The van der Waals surface area contributed by atoms with Crippen LogP contribution in [0.15, 0.2) is 73.1 Å². The zero-order chi connectivity index (χ0) is 50.5. The van der Waals surface area contributed by atoms with Crippen molar-refractivity contribution in [2.45, 2.75) is 77.3 Å². The predicted molar refractivity (Wildman–Crippen MR) is 263 cm³/mol. The Balaban J connectivity index is 0.993. The maximum atomic E-state index is 14.3. The van der Waals surface area contributed by atoms with Crippen LogP contribution < -0.4 is 36.5 Å². The summed E-state index contributed by atoms with van der Waals surface area (Å²) in [7, 11) is 1.56. The number of nitrogens with zero attached hydrogens (tertiary/aromatic N) is 5. The van der Waals surface area contributed by atoms with Crippen LogP contribution in [0, 0.1) is 11.2 Å². The van der Waals surface area contributed by atoms with Gasteiger partial charge in [-0.3, -0.25) is 24.0 Å². The highest BCUT2D eigenvalue weighted by Crippen LogP contribution is 2.44. The van der Waals surface area contributed by atoms with Gasteiger partial charge in [-0.25, -0.2) is 24.2 Å². The molecular weight excluding hydrogens is 939 g/mol. The van der Waals surface area contributed by atoms with E-state index in [-0.39, 0.29) is 43.8 Å². The molecule has 6 N–H and O–H groups in total. The number of methoxy groups -OCH3 is 1. The van der Waals surface area contributed by atoms with Gasteiger partial charge in [0.25, 0.3) is 17.7 Å². The standard InChI is InChI=1S/C50H60ClFN10O9/c1-3-4-5-21-60(61-43(63)16-17-44(61)64)48(67)50(18-7-19-50)47(66)59-39(9-6-20-54-49(53)68)46(65)58-34-12-10-33(11-13-34)31-62(23-26-70-27-24-62)22-8-25-71-42-29-36-40(30-41(42)69-2)55-32-56-45(36)57-35-14-15-38(52)37(51)28-35/h10-17,28-30,32,39H,3-9,18-27,31H2,1-2H3,(H5-,53,54,55,56,57,58,59,65,66,68)/p+1/t39-/m0/s1. The first-order chi connectivity index (χ1) is 34.2. The molecule has 1 saturated carbocycles. The smallest absolute Gasteiger partial charge is 0.312 e. The summed E-state index contributed by atoms with van der Waals surface area (Å²) in [6, 6.07) is 13.6. The summed E-state index contributed by atoms with van der Waals surface area (Å²) in [4.78, 5) is 88.2. The van der Waals surface area contributed by atoms with Crippen LogP contribution in [0.25, 0.3) is 10.9 Å². The molecule has 7 amide bonds. The minimum Gasteiger partial charge on any atom is -0.493 e. The summed E-state index contributed by atoms with van der Waals surface area (Å²) in [5.41, 5.74) is 6.37. The Kier molecular flexibility index (Phi) is 17.4. The summed E-state index contributed by atoms with van der Waals surface area (Å²) in [5.74, 6) is -2.22. The molecule has 3 aromatic carbocycles. The molecule has 0 unspecified atom stereocenters. The van der Waals surface area contributed by atoms with Crippen LogP contribution in [0.1, 0.15) is 70.3 Å². The molecule has 71 heavy (non-hydrogen) atoms. The molecule has 3 aliphatic rings. The molecule has 2 fully saturated rings. The average Bonchev–Trinajstić information content (AvgIpc) is 3.67. The fourth-order valence-corrected chi connectivity index (χ4v) is 9.24. The Morgan fingerprint density at radius 3 is 2.35 bits per heavy atom. The predicted octanol–water partition coefficient (Wildman–Crippen LogP) is 5.89. The molecule has 1 atom stereocenters. The number of carbonyl (C=O) groups is 6. The quantitative estimate of drug-likeness (QED) is 0.0239. The molecule has 0 bridgehead atoms. The number of carbonyl (C=O) groups excluding carboxylic acids is 6. The van der Waals surface area contributed by atoms with E-state index < -0.39 is 52.8 Å². The number of imide groups is 1. The molecule has 4 aromatic rings. The molecule has 2 aliphatic heterocycles. The van der Waals surface area contributed by atoms with Gasteiger partial charge in [-0.05, 0) is 68.5 Å². The van der Waals surface area contributed by atoms with Crippen LogP contribution >= 0.6 is 11.6 Å². The Hall–Kier alpha value is -6.90. The first-order valence-electron chi connectivity index (χ1n) is 24.0. The van der Waals surface area contributed by atoms with E-state index in [1.54, 1.807) is 31.4 Å². The number of aromatic nitrogens is 2. The highest BCUT2D eigenvalue weighted by Gasteiger charge is 2.55. The monoisotopic (exact) mass is 999 g/mol. The van der Waals surface area contributed by atoms with Crippen molar-refractivity contribution in [1.29, 1.82) is 0 Å². The van der Waals surface area contributed by atoms with Gasteiger partial charge in [0.1, 0.15) is 49.1 Å². The lowest BCUT2D eigenvalue weighted by Crippen LogP contribution is -2.62. The molecule has 1 aromatic heterocycles. The third-order valence-corrected chi connectivity index (χ3v) is 13.5. The number of hydrazine groups is 1. The maximum Gasteiger partial charge on any atom is 0.312 e. The second kappa shape index (κ2) is 23.8. The van der Waals surface area contributed by atoms with Crippen molar-refractivity contribution >= 4 is 75.3 Å². The molecule has 7 rings (SSSR count). The first-order valence-corrected chi connectivity index (χ1v) is 24.3. The van der Waals surface area contributed by atoms with E-state index in [1.165, 1.54) is 18.5 Å². The molecule has 19 nitrogen and oxygen atoms in total. The highest BCUT2D eigenvalue weighted by molar-refractivity contribution is 6.31. The van der Waals surface area contributed by atoms with Gasteiger partial charge in [-0.15, -0.1) is 0 Å². The number of quaternary nitrogens is 1. The minimum absolute atomic E-state index is 0.0206. The number of hydrogen-bond acceptors (Lipinski definition) is 12. The summed E-state index contributed by atoms with van der Waals surface area (Å²) in [5, 5.41) is 14.0. The third kappa shape index (κ3) is 12.7. The van der Waals surface area contributed by atoms with Gasteiger partial charge in [0.15, 0.2) is 11.5 Å². The van der Waals surface area contributed by atoms with Gasteiger partial charge in [0.2, 0.25) is 11.8 Å². The minimum atomic E-state index is -1.59. The Labute approximate surface area is 416 Å². The van der Waals surface area contributed by atoms with Gasteiger partial charge in [-0.2, -0.15) is 5.01 Å². The molecule has 1 aliphatic carbocycles. The normalized spacial score (nSPS) is 16.2. The number of anilines is 3. The number of halogens is 2. The fraction of sp³-hybridized carbons (Fsp3) is 0.440. The molecular formula is C50H61ClFN10O9+. The first kappa shape index (κ1) is 51.9. The molecule has 0 radical (unpaired) electrons. The number of unbranched alkanes of at least 4 members (excludes halogenated alkanes) is 2. The largest absolute Gasteiger partial charge is 0.493 e. The zero-order valence-corrected chi connectivity index (χ0v) is 40.7. The number of urea groups is 1. The molecule has 0 spiro atoms. The van der Waals surface area contributed by atoms with E-state index in [9.17, 15) is 33.2 Å². The highest BCUT2D eigenvalue weighted by atomic mass is 35.5. The number of hydrogen-bond donors (Lipinski definition) is 5. The van der Waals surface area contributed by atoms with Gasteiger partial charge in [0, 0.05) is 60.1 Å². The zero-order valence-electron chi connectivity index (χ0n) is 40.0. The number of benzene rings is 3. The summed E-state index contributed by atoms with van der Waals surface area (Å²) in [6.45, 7) is 6.82. The Morgan fingerprint density at radius 2 is 1.69 bits per heavy atom. The fourth-order valence-electron chi connectivity index (χ4n) is 9.06. The van der Waals surface area contributed by atoms with Crippen molar-refractivity contribution in [3.05, 3.63) is 89.5 Å². The number of fused-ring (bicyclic) bond motifs is 1. The molecule has 21 heteroatoms. The lowest BCUT2D eigenvalue weighted by molar-refractivity contribution is -0.947. The number of primary amides is 1. The van der Waals surface area contributed by atoms with E-state index in [0.717, 1.165) is 64.7 Å². The van der Waals surface area contributed by atoms with E-state index in [2.05, 4.69) is 31.2 Å². The molecule has 378 valence electrons. The van der Waals surface area contributed by atoms with E-state index >= 15 is 0 Å². The Bertz CT molecular complexity index is 2610. The number of nitrogens with two attached hydrogens (primary N) is 1. The van der Waals surface area contributed by atoms with Crippen LogP contribution in [0.3, 0.4) is 0 Å². The summed E-state index contributed by atoms with van der Waals surface area (Å²) < 4.78 is 32.4. The van der Waals surface area contributed by atoms with E-state index in [1.807, 2.05) is 25.1 Å². The van der Waals surface area contributed by atoms with Gasteiger partial charge >= 0.3 is 6.03 Å². The number of amides is 7. The van der Waals surface area contributed by atoms with Crippen LogP contribution in [0.2, 0.25) is 5.02 Å². The third-order valence-electron chi connectivity index (χ3n) is 13.2. The van der Waals surface area contributed by atoms with Gasteiger partial charge < -0.3 is 45.7 Å².